The topological polar surface area (TPSA) is 23.5 Å². The number of hydrogen-bond acceptors (Lipinski definition) is 2. The van der Waals surface area contributed by atoms with Crippen LogP contribution in [0.5, 0.6) is 0 Å². The van der Waals surface area contributed by atoms with E-state index in [9.17, 15) is 9.50 Å². The molecule has 1 rings (SSSR count). The maximum Gasteiger partial charge on any atom is 0.131 e. The molecule has 0 aliphatic heterocycles. The van der Waals surface area contributed by atoms with E-state index in [1.807, 2.05) is 6.07 Å². The lowest BCUT2D eigenvalue weighted by Gasteiger charge is -2.31. The third kappa shape index (κ3) is 4.50. The number of anilines is 1. The first-order valence-electron chi connectivity index (χ1n) is 7.04. The van der Waals surface area contributed by atoms with Gasteiger partial charge in [-0.25, -0.2) is 4.39 Å². The molecule has 0 saturated heterocycles. The third-order valence-corrected chi connectivity index (χ3v) is 2.96. The lowest BCUT2D eigenvalue weighted by Crippen LogP contribution is -2.32. The number of hydrogen-bond donors (Lipinski definition) is 1. The zero-order chi connectivity index (χ0) is 14.6. The van der Waals surface area contributed by atoms with Crippen LogP contribution in [0.4, 0.5) is 10.1 Å². The Bertz CT molecular complexity index is 392. The van der Waals surface area contributed by atoms with Gasteiger partial charge in [0.2, 0.25) is 0 Å². The van der Waals surface area contributed by atoms with Crippen molar-refractivity contribution in [1.82, 2.24) is 0 Å². The number of nitrogens with zero attached hydrogens (tertiary/aromatic N) is 1. The highest BCUT2D eigenvalue weighted by Gasteiger charge is 2.19. The highest BCUT2D eigenvalue weighted by molar-refractivity contribution is 5.55. The average Bonchev–Trinajstić information content (AvgIpc) is 2.25. The van der Waals surface area contributed by atoms with Crippen LogP contribution in [0.3, 0.4) is 0 Å². The molecule has 2 nitrogen and oxygen atoms in total. The van der Waals surface area contributed by atoms with E-state index in [4.69, 9.17) is 0 Å². The zero-order valence-corrected chi connectivity index (χ0v) is 12.7. The summed E-state index contributed by atoms with van der Waals surface area (Å²) in [5.74, 6) is 0.651. The van der Waals surface area contributed by atoms with E-state index >= 15 is 0 Å². The molecule has 1 aromatic rings. The van der Waals surface area contributed by atoms with Crippen molar-refractivity contribution < 1.29 is 9.50 Å². The second-order valence-electron chi connectivity index (χ2n) is 6.04. The van der Waals surface area contributed by atoms with Crippen molar-refractivity contribution in [3.8, 4) is 0 Å². The summed E-state index contributed by atoms with van der Waals surface area (Å²) >= 11 is 0. The predicted molar refractivity (Wildman–Crippen MR) is 78.9 cm³/mol. The van der Waals surface area contributed by atoms with Crippen LogP contribution in [-0.4, -0.2) is 18.2 Å². The van der Waals surface area contributed by atoms with Crippen LogP contribution in [0.2, 0.25) is 0 Å². The second kappa shape index (κ2) is 6.90. The minimum atomic E-state index is -0.793. The molecule has 0 aromatic heterocycles. The van der Waals surface area contributed by atoms with Crippen LogP contribution < -0.4 is 4.90 Å². The molecule has 0 fully saturated rings. The van der Waals surface area contributed by atoms with Crippen molar-refractivity contribution >= 4 is 5.69 Å². The van der Waals surface area contributed by atoms with Gasteiger partial charge >= 0.3 is 0 Å². The van der Waals surface area contributed by atoms with E-state index in [0.717, 1.165) is 18.8 Å². The Morgan fingerprint density at radius 1 is 1.05 bits per heavy atom. The minimum absolute atomic E-state index is 0.329. The lowest BCUT2D eigenvalue weighted by atomic mass is 10.0. The van der Waals surface area contributed by atoms with Gasteiger partial charge in [-0.05, 0) is 30.9 Å². The van der Waals surface area contributed by atoms with Gasteiger partial charge in [-0.1, -0.05) is 33.8 Å². The number of aliphatic hydroxyl groups excluding tert-OH is 1. The summed E-state index contributed by atoms with van der Waals surface area (Å²) in [6.07, 6.45) is -0.793. The van der Waals surface area contributed by atoms with Gasteiger partial charge < -0.3 is 10.0 Å². The van der Waals surface area contributed by atoms with Crippen molar-refractivity contribution in [3.63, 3.8) is 0 Å². The van der Waals surface area contributed by atoms with Crippen LogP contribution in [0, 0.1) is 17.7 Å². The van der Waals surface area contributed by atoms with Gasteiger partial charge in [0.15, 0.2) is 0 Å². The van der Waals surface area contributed by atoms with Crippen molar-refractivity contribution in [2.75, 3.05) is 18.0 Å². The summed E-state index contributed by atoms with van der Waals surface area (Å²) in [6, 6.07) is 5.02. The standard InChI is InChI=1S/C16H26FNO/c1-11(2)9-18(10-12(3)4)15-8-6-7-14(17)16(15)13(5)19/h6-8,11-13,19H,9-10H2,1-5H3/t13-/m1/s1. The summed E-state index contributed by atoms with van der Waals surface area (Å²) in [5.41, 5.74) is 1.22. The molecule has 0 aliphatic rings. The van der Waals surface area contributed by atoms with Gasteiger partial charge in [0, 0.05) is 24.3 Å². The predicted octanol–water partition coefficient (Wildman–Crippen LogP) is 4.00. The van der Waals surface area contributed by atoms with Crippen LogP contribution in [0.25, 0.3) is 0 Å². The summed E-state index contributed by atoms with van der Waals surface area (Å²) < 4.78 is 13.9. The Kier molecular flexibility index (Phi) is 5.80. The molecule has 1 N–H and O–H groups in total. The van der Waals surface area contributed by atoms with Crippen molar-refractivity contribution in [3.05, 3.63) is 29.6 Å². The van der Waals surface area contributed by atoms with Gasteiger partial charge in [-0.3, -0.25) is 0 Å². The summed E-state index contributed by atoms with van der Waals surface area (Å²) in [4.78, 5) is 2.18. The Morgan fingerprint density at radius 3 is 2.00 bits per heavy atom. The Labute approximate surface area is 116 Å². The van der Waals surface area contributed by atoms with Gasteiger partial charge in [0.1, 0.15) is 5.82 Å². The molecule has 0 radical (unpaired) electrons. The quantitative estimate of drug-likeness (QED) is 0.842. The molecule has 3 heteroatoms. The second-order valence-corrected chi connectivity index (χ2v) is 6.04. The molecule has 108 valence electrons. The molecular weight excluding hydrogens is 241 g/mol. The van der Waals surface area contributed by atoms with E-state index in [0.29, 0.717) is 17.4 Å². The molecule has 0 amide bonds. The first-order valence-corrected chi connectivity index (χ1v) is 7.04. The van der Waals surface area contributed by atoms with E-state index in [1.54, 1.807) is 13.0 Å². The van der Waals surface area contributed by atoms with Gasteiger partial charge in [-0.2, -0.15) is 0 Å². The zero-order valence-electron chi connectivity index (χ0n) is 12.7. The summed E-state index contributed by atoms with van der Waals surface area (Å²) in [7, 11) is 0. The average molecular weight is 267 g/mol. The third-order valence-electron chi connectivity index (χ3n) is 2.96. The highest BCUT2D eigenvalue weighted by Crippen LogP contribution is 2.30. The largest absolute Gasteiger partial charge is 0.389 e. The number of aliphatic hydroxyl groups is 1. The van der Waals surface area contributed by atoms with Crippen LogP contribution in [-0.2, 0) is 0 Å². The fourth-order valence-corrected chi connectivity index (χ4v) is 2.37. The normalized spacial score (nSPS) is 13.1. The first kappa shape index (κ1) is 16.0. The van der Waals surface area contributed by atoms with Gasteiger partial charge in [-0.15, -0.1) is 0 Å². The van der Waals surface area contributed by atoms with Crippen LogP contribution in [0.1, 0.15) is 46.3 Å². The molecular formula is C16H26FNO. The Morgan fingerprint density at radius 2 is 1.58 bits per heavy atom. The maximum atomic E-state index is 13.9. The molecule has 1 atom stereocenters. The summed E-state index contributed by atoms with van der Waals surface area (Å²) in [6.45, 7) is 11.9. The first-order chi connectivity index (χ1) is 8.82. The van der Waals surface area contributed by atoms with E-state index < -0.39 is 6.10 Å². The number of benzene rings is 1. The molecule has 0 bridgehead atoms. The monoisotopic (exact) mass is 267 g/mol. The van der Waals surface area contributed by atoms with E-state index in [2.05, 4.69) is 32.6 Å². The van der Waals surface area contributed by atoms with Crippen molar-refractivity contribution in [1.29, 1.82) is 0 Å². The molecule has 0 unspecified atom stereocenters. The molecule has 0 aliphatic carbocycles. The highest BCUT2D eigenvalue weighted by atomic mass is 19.1. The SMILES string of the molecule is CC(C)CN(CC(C)C)c1cccc(F)c1[C@@H](C)O. The number of rotatable bonds is 6. The van der Waals surface area contributed by atoms with E-state index in [1.165, 1.54) is 6.07 Å². The van der Waals surface area contributed by atoms with Gasteiger partial charge in [0.25, 0.3) is 0 Å². The maximum absolute atomic E-state index is 13.9. The fourth-order valence-electron chi connectivity index (χ4n) is 2.37. The fraction of sp³-hybridized carbons (Fsp3) is 0.625. The van der Waals surface area contributed by atoms with Crippen molar-refractivity contribution in [2.24, 2.45) is 11.8 Å². The lowest BCUT2D eigenvalue weighted by molar-refractivity contribution is 0.194. The smallest absolute Gasteiger partial charge is 0.131 e. The Hall–Kier alpha value is -1.09. The minimum Gasteiger partial charge on any atom is -0.389 e. The summed E-state index contributed by atoms with van der Waals surface area (Å²) in [5, 5.41) is 9.84. The molecule has 1 aromatic carbocycles. The number of halogens is 1. The molecule has 0 spiro atoms. The molecule has 0 heterocycles. The van der Waals surface area contributed by atoms with Crippen LogP contribution >= 0.6 is 0 Å². The Balaban J connectivity index is 3.17. The molecule has 19 heavy (non-hydrogen) atoms. The van der Waals surface area contributed by atoms with Crippen LogP contribution in [0.15, 0.2) is 18.2 Å². The van der Waals surface area contributed by atoms with Gasteiger partial charge in [0.05, 0.1) is 6.10 Å². The van der Waals surface area contributed by atoms with Crippen molar-refractivity contribution in [2.45, 2.75) is 40.7 Å². The molecule has 0 saturated carbocycles. The van der Waals surface area contributed by atoms with E-state index in [-0.39, 0.29) is 5.82 Å².